The molecule has 0 aliphatic carbocycles. The summed E-state index contributed by atoms with van der Waals surface area (Å²) in [6, 6.07) is -0.782. The standard InChI is InChI=1S/C26H49N3O5/c1-12-18(4)22(19(33-11)16-20(30)34-25(5,6)7)29(10)21(17(2)3)23(31)27-24(32)26(8)14-13-15-28(26)9/h17-19,21-22H,12-16H2,1-11H3,(H,27,31,32)/t18-,19+,21-,22-,26-/m0/s1. The molecule has 1 fully saturated rings. The molecule has 8 nitrogen and oxygen atoms in total. The minimum absolute atomic E-state index is 0.0579. The van der Waals surface area contributed by atoms with Gasteiger partial charge in [-0.25, -0.2) is 0 Å². The van der Waals surface area contributed by atoms with Crippen molar-refractivity contribution >= 4 is 17.8 Å². The number of likely N-dealkylation sites (tertiary alicyclic amines) is 1. The first kappa shape index (κ1) is 30.5. The third kappa shape index (κ3) is 7.75. The van der Waals surface area contributed by atoms with Crippen LogP contribution in [0.2, 0.25) is 0 Å². The second-order valence-electron chi connectivity index (χ2n) is 11.4. The predicted octanol–water partition coefficient (Wildman–Crippen LogP) is 3.23. The Labute approximate surface area is 207 Å². The molecule has 0 unspecified atom stereocenters. The van der Waals surface area contributed by atoms with E-state index in [1.807, 2.05) is 65.4 Å². The topological polar surface area (TPSA) is 88.2 Å². The van der Waals surface area contributed by atoms with Crippen molar-refractivity contribution in [2.75, 3.05) is 27.7 Å². The molecule has 0 saturated carbocycles. The van der Waals surface area contributed by atoms with Crippen LogP contribution in [0.15, 0.2) is 0 Å². The predicted molar refractivity (Wildman–Crippen MR) is 134 cm³/mol. The zero-order valence-corrected chi connectivity index (χ0v) is 23.4. The van der Waals surface area contributed by atoms with Gasteiger partial charge in [-0.3, -0.25) is 29.5 Å². The van der Waals surface area contributed by atoms with Gasteiger partial charge in [0, 0.05) is 13.2 Å². The first-order valence-electron chi connectivity index (χ1n) is 12.6. The van der Waals surface area contributed by atoms with Crippen molar-refractivity contribution in [2.24, 2.45) is 11.8 Å². The number of nitrogens with one attached hydrogen (secondary N) is 1. The van der Waals surface area contributed by atoms with E-state index in [9.17, 15) is 14.4 Å². The molecule has 2 amide bonds. The lowest BCUT2D eigenvalue weighted by Gasteiger charge is -2.42. The fourth-order valence-corrected chi connectivity index (χ4v) is 5.01. The molecule has 0 aromatic heterocycles. The van der Waals surface area contributed by atoms with E-state index < -0.39 is 23.3 Å². The molecule has 1 rings (SSSR count). The van der Waals surface area contributed by atoms with Gasteiger partial charge in [-0.15, -0.1) is 0 Å². The van der Waals surface area contributed by atoms with Gasteiger partial charge in [-0.1, -0.05) is 34.1 Å². The maximum absolute atomic E-state index is 13.5. The van der Waals surface area contributed by atoms with Crippen LogP contribution in [0.5, 0.6) is 0 Å². The van der Waals surface area contributed by atoms with Crippen molar-refractivity contribution in [1.82, 2.24) is 15.1 Å². The van der Waals surface area contributed by atoms with Crippen LogP contribution in [0.3, 0.4) is 0 Å². The highest BCUT2D eigenvalue weighted by molar-refractivity contribution is 6.02. The number of hydrogen-bond acceptors (Lipinski definition) is 7. The van der Waals surface area contributed by atoms with E-state index in [0.717, 1.165) is 25.8 Å². The van der Waals surface area contributed by atoms with Crippen LogP contribution in [0.4, 0.5) is 0 Å². The van der Waals surface area contributed by atoms with E-state index in [0.29, 0.717) is 0 Å². The zero-order valence-electron chi connectivity index (χ0n) is 23.4. The van der Waals surface area contributed by atoms with Crippen molar-refractivity contribution < 1.29 is 23.9 Å². The Balaban J connectivity index is 3.15. The first-order valence-corrected chi connectivity index (χ1v) is 12.6. The van der Waals surface area contributed by atoms with Crippen molar-refractivity contribution in [2.45, 2.75) is 110 Å². The summed E-state index contributed by atoms with van der Waals surface area (Å²) in [7, 11) is 5.39. The quantitative estimate of drug-likeness (QED) is 0.451. The van der Waals surface area contributed by atoms with E-state index in [1.165, 1.54) is 0 Å². The molecule has 34 heavy (non-hydrogen) atoms. The number of hydrogen-bond donors (Lipinski definition) is 1. The molecule has 0 aromatic rings. The molecule has 0 spiro atoms. The van der Waals surface area contributed by atoms with Gasteiger partial charge in [0.1, 0.15) is 5.60 Å². The van der Waals surface area contributed by atoms with Crippen LogP contribution in [0.1, 0.15) is 81.1 Å². The fraction of sp³-hybridized carbons (Fsp3) is 0.885. The Morgan fingerprint density at radius 2 is 1.76 bits per heavy atom. The Hall–Kier alpha value is -1.51. The second-order valence-corrected chi connectivity index (χ2v) is 11.4. The second kappa shape index (κ2) is 12.5. The van der Waals surface area contributed by atoms with Gasteiger partial charge in [0.2, 0.25) is 11.8 Å². The summed E-state index contributed by atoms with van der Waals surface area (Å²) in [5.41, 5.74) is -1.27. The molecule has 0 bridgehead atoms. The average molecular weight is 484 g/mol. The number of carbonyl (C=O) groups is 3. The van der Waals surface area contributed by atoms with Crippen molar-refractivity contribution in [3.63, 3.8) is 0 Å². The summed E-state index contributed by atoms with van der Waals surface area (Å²) in [6.45, 7) is 16.3. The highest BCUT2D eigenvalue weighted by atomic mass is 16.6. The third-order valence-corrected chi connectivity index (χ3v) is 7.23. The molecule has 1 aliphatic heterocycles. The number of methoxy groups -OCH3 is 1. The number of amides is 2. The lowest BCUT2D eigenvalue weighted by atomic mass is 9.88. The van der Waals surface area contributed by atoms with E-state index in [2.05, 4.69) is 19.2 Å². The van der Waals surface area contributed by atoms with Crippen molar-refractivity contribution in [3.05, 3.63) is 0 Å². The number of likely N-dealkylation sites (N-methyl/N-ethyl adjacent to an activating group) is 2. The Morgan fingerprint density at radius 1 is 1.18 bits per heavy atom. The van der Waals surface area contributed by atoms with Gasteiger partial charge >= 0.3 is 5.97 Å². The zero-order chi connectivity index (χ0) is 26.4. The summed E-state index contributed by atoms with van der Waals surface area (Å²) >= 11 is 0. The monoisotopic (exact) mass is 483 g/mol. The van der Waals surface area contributed by atoms with Gasteiger partial charge < -0.3 is 9.47 Å². The Morgan fingerprint density at radius 3 is 2.18 bits per heavy atom. The maximum atomic E-state index is 13.5. The van der Waals surface area contributed by atoms with Gasteiger partial charge in [0.25, 0.3) is 0 Å². The molecule has 1 heterocycles. The van der Waals surface area contributed by atoms with E-state index >= 15 is 0 Å². The van der Waals surface area contributed by atoms with Gasteiger partial charge in [-0.05, 0) is 73.0 Å². The SMILES string of the molecule is CC[C@H](C)[C@@H]([C@@H](CC(=O)OC(C)(C)C)OC)N(C)[C@H](C(=O)NC(=O)[C@]1(C)CCCN1C)C(C)C. The lowest BCUT2D eigenvalue weighted by molar-refractivity contribution is -0.159. The van der Waals surface area contributed by atoms with E-state index in [-0.39, 0.29) is 42.1 Å². The van der Waals surface area contributed by atoms with E-state index in [4.69, 9.17) is 9.47 Å². The van der Waals surface area contributed by atoms with Gasteiger partial charge in [0.15, 0.2) is 0 Å². The number of ether oxygens (including phenoxy) is 2. The number of nitrogens with zero attached hydrogens (tertiary/aromatic N) is 2. The van der Waals surface area contributed by atoms with E-state index in [1.54, 1.807) is 7.11 Å². The molecule has 5 atom stereocenters. The summed E-state index contributed by atoms with van der Waals surface area (Å²) in [4.78, 5) is 43.1. The highest BCUT2D eigenvalue weighted by Crippen LogP contribution is 2.29. The highest BCUT2D eigenvalue weighted by Gasteiger charge is 2.44. The molecule has 198 valence electrons. The average Bonchev–Trinajstić information content (AvgIpc) is 3.05. The molecular formula is C26H49N3O5. The van der Waals surface area contributed by atoms with Crippen LogP contribution in [0, 0.1) is 11.8 Å². The minimum Gasteiger partial charge on any atom is -0.460 e. The molecule has 1 aliphatic rings. The maximum Gasteiger partial charge on any atom is 0.309 e. The smallest absolute Gasteiger partial charge is 0.309 e. The van der Waals surface area contributed by atoms with Crippen molar-refractivity contribution in [1.29, 1.82) is 0 Å². The molecule has 0 aromatic carbocycles. The lowest BCUT2D eigenvalue weighted by Crippen LogP contribution is -2.61. The minimum atomic E-state index is -0.683. The van der Waals surface area contributed by atoms with Gasteiger partial charge in [0.05, 0.1) is 24.1 Å². The largest absolute Gasteiger partial charge is 0.460 e. The van der Waals surface area contributed by atoms with Crippen molar-refractivity contribution in [3.8, 4) is 0 Å². The Kier molecular flexibility index (Phi) is 11.2. The Bertz CT molecular complexity index is 705. The summed E-state index contributed by atoms with van der Waals surface area (Å²) < 4.78 is 11.3. The number of carbonyl (C=O) groups excluding carboxylic acids is 3. The molecule has 0 radical (unpaired) electrons. The normalized spacial score (nSPS) is 23.0. The molecular weight excluding hydrogens is 434 g/mol. The molecule has 8 heteroatoms. The molecule has 1 N–H and O–H groups in total. The molecule has 1 saturated heterocycles. The number of imide groups is 1. The third-order valence-electron chi connectivity index (χ3n) is 7.23. The van der Waals surface area contributed by atoms with Crippen LogP contribution < -0.4 is 5.32 Å². The van der Waals surface area contributed by atoms with Crippen LogP contribution in [0.25, 0.3) is 0 Å². The van der Waals surface area contributed by atoms with Crippen LogP contribution in [-0.2, 0) is 23.9 Å². The first-order chi connectivity index (χ1) is 15.6. The summed E-state index contributed by atoms with van der Waals surface area (Å²) in [5.74, 6) is -0.824. The number of rotatable bonds is 11. The summed E-state index contributed by atoms with van der Waals surface area (Å²) in [6.07, 6.45) is 2.12. The van der Waals surface area contributed by atoms with Crippen LogP contribution >= 0.6 is 0 Å². The van der Waals surface area contributed by atoms with Crippen LogP contribution in [-0.4, -0.2) is 84.7 Å². The summed E-state index contributed by atoms with van der Waals surface area (Å²) in [5, 5.41) is 2.70. The fourth-order valence-electron chi connectivity index (χ4n) is 5.01. The van der Waals surface area contributed by atoms with Gasteiger partial charge in [-0.2, -0.15) is 0 Å². The number of esters is 1.